The zero-order valence-corrected chi connectivity index (χ0v) is 13.2. The van der Waals surface area contributed by atoms with Crippen molar-refractivity contribution < 1.29 is 19.5 Å². The maximum absolute atomic E-state index is 12.2. The fourth-order valence-corrected chi connectivity index (χ4v) is 2.35. The van der Waals surface area contributed by atoms with E-state index in [1.54, 1.807) is 12.3 Å². The minimum absolute atomic E-state index is 0.188. The third-order valence-corrected chi connectivity index (χ3v) is 3.45. The third-order valence-electron chi connectivity index (χ3n) is 3.45. The maximum Gasteiger partial charge on any atom is 0.328 e. The molecule has 0 spiro atoms. The molecule has 0 radical (unpaired) electrons. The van der Waals surface area contributed by atoms with Crippen LogP contribution < -0.4 is 10.6 Å². The van der Waals surface area contributed by atoms with E-state index in [2.05, 4.69) is 15.6 Å². The van der Waals surface area contributed by atoms with Crippen LogP contribution in [0.4, 0.5) is 0 Å². The summed E-state index contributed by atoms with van der Waals surface area (Å²) in [6.45, 7) is -0.190. The molecule has 1 aromatic heterocycles. The summed E-state index contributed by atoms with van der Waals surface area (Å²) in [6, 6.07) is 8.35. The molecule has 0 aliphatic carbocycles. The molecule has 128 valence electrons. The Morgan fingerprint density at radius 3 is 2.76 bits per heavy atom. The number of carbonyl (C=O) groups is 3. The lowest BCUT2D eigenvalue weighted by atomic mass is 10.0. The van der Waals surface area contributed by atoms with Crippen LogP contribution in [0.25, 0.3) is 10.9 Å². The molecule has 4 N–H and O–H groups in total. The molecule has 2 aromatic rings. The molecule has 1 atom stereocenters. The molecule has 25 heavy (non-hydrogen) atoms. The van der Waals surface area contributed by atoms with Crippen LogP contribution in [0.15, 0.2) is 42.6 Å². The summed E-state index contributed by atoms with van der Waals surface area (Å²) in [7, 11) is 0. The Hall–Kier alpha value is -3.60. The molecule has 8 heteroatoms. The second kappa shape index (κ2) is 8.31. The summed E-state index contributed by atoms with van der Waals surface area (Å²) in [6.07, 6.45) is 3.45. The summed E-state index contributed by atoms with van der Waals surface area (Å²) in [4.78, 5) is 37.6. The number of nitrogens with zero attached hydrogens (tertiary/aromatic N) is 1. The number of aliphatic carboxylic acids is 1. The maximum atomic E-state index is 12.2. The lowest BCUT2D eigenvalue weighted by Gasteiger charge is -2.16. The van der Waals surface area contributed by atoms with Crippen molar-refractivity contribution >= 4 is 28.7 Å². The summed E-state index contributed by atoms with van der Waals surface area (Å²) < 4.78 is 0. The lowest BCUT2D eigenvalue weighted by molar-refractivity contribution is -0.131. The molecule has 0 bridgehead atoms. The van der Waals surface area contributed by atoms with Gasteiger partial charge in [-0.05, 0) is 11.6 Å². The first kappa shape index (κ1) is 17.7. The van der Waals surface area contributed by atoms with Gasteiger partial charge in [-0.25, -0.2) is 4.79 Å². The quantitative estimate of drug-likeness (QED) is 0.429. The number of hydrogen-bond acceptors (Lipinski definition) is 4. The van der Waals surface area contributed by atoms with Crippen LogP contribution in [0.1, 0.15) is 5.56 Å². The van der Waals surface area contributed by atoms with Crippen molar-refractivity contribution in [2.24, 2.45) is 0 Å². The number of nitrogens with one attached hydrogen (secondary N) is 3. The number of amides is 2. The van der Waals surface area contributed by atoms with E-state index in [9.17, 15) is 14.4 Å². The van der Waals surface area contributed by atoms with Crippen LogP contribution in [0.5, 0.6) is 0 Å². The largest absolute Gasteiger partial charge is 0.478 e. The average Bonchev–Trinajstić information content (AvgIpc) is 3.00. The van der Waals surface area contributed by atoms with E-state index in [-0.39, 0.29) is 13.0 Å². The zero-order valence-electron chi connectivity index (χ0n) is 13.2. The predicted molar refractivity (Wildman–Crippen MR) is 89.3 cm³/mol. The number of carboxylic acids is 1. The van der Waals surface area contributed by atoms with Gasteiger partial charge in [0.25, 0.3) is 0 Å². The minimum atomic E-state index is -1.27. The Labute approximate surface area is 143 Å². The molecule has 1 aromatic carbocycles. The number of rotatable bonds is 7. The van der Waals surface area contributed by atoms with Gasteiger partial charge in [0.15, 0.2) is 0 Å². The number of hydrogen-bond donors (Lipinski definition) is 4. The molecule has 2 amide bonds. The molecule has 1 heterocycles. The van der Waals surface area contributed by atoms with Gasteiger partial charge in [0.2, 0.25) is 11.8 Å². The molecule has 0 fully saturated rings. The summed E-state index contributed by atoms with van der Waals surface area (Å²) in [5.74, 6) is -2.50. The highest BCUT2D eigenvalue weighted by molar-refractivity contribution is 5.97. The van der Waals surface area contributed by atoms with E-state index < -0.39 is 23.8 Å². The van der Waals surface area contributed by atoms with Gasteiger partial charge in [-0.3, -0.25) is 9.59 Å². The second-order valence-corrected chi connectivity index (χ2v) is 5.17. The van der Waals surface area contributed by atoms with E-state index >= 15 is 0 Å². The fraction of sp³-hybridized carbons (Fsp3) is 0.176. The average molecular weight is 340 g/mol. The number of aromatic nitrogens is 1. The summed E-state index contributed by atoms with van der Waals surface area (Å²) in [5.41, 5.74) is 1.71. The molecule has 8 nitrogen and oxygen atoms in total. The van der Waals surface area contributed by atoms with Crippen molar-refractivity contribution in [3.63, 3.8) is 0 Å². The number of carbonyl (C=O) groups excluding carboxylic acids is 2. The van der Waals surface area contributed by atoms with Gasteiger partial charge < -0.3 is 20.7 Å². The number of carboxylic acid groups (broad SMARTS) is 1. The van der Waals surface area contributed by atoms with Crippen molar-refractivity contribution in [3.05, 3.63) is 48.2 Å². The number of H-pyrrole nitrogens is 1. The van der Waals surface area contributed by atoms with Gasteiger partial charge in [0, 0.05) is 35.7 Å². The Kier molecular flexibility index (Phi) is 5.90. The first-order chi connectivity index (χ1) is 12.0. The van der Waals surface area contributed by atoms with Crippen LogP contribution in [0.2, 0.25) is 0 Å². The molecule has 0 saturated heterocycles. The highest BCUT2D eigenvalue weighted by Crippen LogP contribution is 2.19. The van der Waals surface area contributed by atoms with E-state index in [0.29, 0.717) is 6.08 Å². The standard InChI is InChI=1S/C17H16N4O4/c18-7-8-19-17(25)14(21-15(22)5-6-16(23)24)9-11-10-20-13-4-2-1-3-12(11)13/h1-6,10,14,20H,8-9H2,(H,19,25)(H,21,22)(H,23,24). The van der Waals surface area contributed by atoms with Gasteiger partial charge in [-0.2, -0.15) is 5.26 Å². The first-order valence-electron chi connectivity index (χ1n) is 7.42. The molecular weight excluding hydrogens is 324 g/mol. The Morgan fingerprint density at radius 1 is 1.28 bits per heavy atom. The Bertz CT molecular complexity index is 863. The molecule has 1 unspecified atom stereocenters. The van der Waals surface area contributed by atoms with E-state index in [1.165, 1.54) is 0 Å². The van der Waals surface area contributed by atoms with Crippen LogP contribution in [-0.2, 0) is 20.8 Å². The monoisotopic (exact) mass is 340 g/mol. The normalized spacial score (nSPS) is 11.8. The lowest BCUT2D eigenvalue weighted by Crippen LogP contribution is -2.47. The van der Waals surface area contributed by atoms with E-state index in [1.807, 2.05) is 24.3 Å². The Morgan fingerprint density at radius 2 is 2.04 bits per heavy atom. The zero-order chi connectivity index (χ0) is 18.2. The van der Waals surface area contributed by atoms with Crippen LogP contribution >= 0.6 is 0 Å². The number of nitriles is 1. The predicted octanol–water partition coefficient (Wildman–Crippen LogP) is 0.476. The van der Waals surface area contributed by atoms with Crippen LogP contribution in [0.3, 0.4) is 0 Å². The number of aromatic amines is 1. The van der Waals surface area contributed by atoms with Gasteiger partial charge in [0.05, 0.1) is 6.07 Å². The molecule has 2 rings (SSSR count). The van der Waals surface area contributed by atoms with Crippen LogP contribution in [-0.4, -0.2) is 40.5 Å². The van der Waals surface area contributed by atoms with Gasteiger partial charge in [-0.1, -0.05) is 18.2 Å². The van der Waals surface area contributed by atoms with Crippen molar-refractivity contribution in [2.45, 2.75) is 12.5 Å². The minimum Gasteiger partial charge on any atom is -0.478 e. The summed E-state index contributed by atoms with van der Waals surface area (Å²) in [5, 5.41) is 22.9. The molecule has 0 saturated carbocycles. The highest BCUT2D eigenvalue weighted by Gasteiger charge is 2.21. The van der Waals surface area contributed by atoms with Crippen molar-refractivity contribution in [3.8, 4) is 6.07 Å². The smallest absolute Gasteiger partial charge is 0.328 e. The molecular formula is C17H16N4O4. The molecule has 0 aliphatic rings. The fourth-order valence-electron chi connectivity index (χ4n) is 2.35. The third kappa shape index (κ3) is 4.94. The van der Waals surface area contributed by atoms with Crippen molar-refractivity contribution in [1.82, 2.24) is 15.6 Å². The van der Waals surface area contributed by atoms with Gasteiger partial charge in [-0.15, -0.1) is 0 Å². The highest BCUT2D eigenvalue weighted by atomic mass is 16.4. The Balaban J connectivity index is 2.19. The summed E-state index contributed by atoms with van der Waals surface area (Å²) >= 11 is 0. The topological polar surface area (TPSA) is 135 Å². The van der Waals surface area contributed by atoms with E-state index in [0.717, 1.165) is 22.5 Å². The SMILES string of the molecule is N#CCNC(=O)C(Cc1c[nH]c2ccccc12)NC(=O)C=CC(=O)O. The first-order valence-corrected chi connectivity index (χ1v) is 7.42. The number of para-hydroxylation sites is 1. The second-order valence-electron chi connectivity index (χ2n) is 5.17. The van der Waals surface area contributed by atoms with Gasteiger partial charge >= 0.3 is 5.97 Å². The van der Waals surface area contributed by atoms with Gasteiger partial charge in [0.1, 0.15) is 12.6 Å². The molecule has 0 aliphatic heterocycles. The number of fused-ring (bicyclic) bond motifs is 1. The van der Waals surface area contributed by atoms with Crippen molar-refractivity contribution in [1.29, 1.82) is 5.26 Å². The van der Waals surface area contributed by atoms with E-state index in [4.69, 9.17) is 10.4 Å². The number of benzene rings is 1. The van der Waals surface area contributed by atoms with Crippen LogP contribution in [0, 0.1) is 11.3 Å². The van der Waals surface area contributed by atoms with Crippen molar-refractivity contribution in [2.75, 3.05) is 6.54 Å².